The van der Waals surface area contributed by atoms with E-state index in [1.165, 1.54) is 41.8 Å². The summed E-state index contributed by atoms with van der Waals surface area (Å²) in [6, 6.07) is 14.4. The van der Waals surface area contributed by atoms with E-state index in [0.717, 1.165) is 17.5 Å². The molecule has 2 N–H and O–H groups in total. The van der Waals surface area contributed by atoms with E-state index in [4.69, 9.17) is 0 Å². The second-order valence-electron chi connectivity index (χ2n) is 8.49. The number of rotatable bonds is 5. The van der Waals surface area contributed by atoms with Gasteiger partial charge in [-0.05, 0) is 66.6 Å². The van der Waals surface area contributed by atoms with E-state index >= 15 is 0 Å². The number of nitrogens with one attached hydrogen (secondary N) is 2. The predicted octanol–water partition coefficient (Wildman–Crippen LogP) is 6.25. The van der Waals surface area contributed by atoms with Gasteiger partial charge < -0.3 is 10.6 Å². The van der Waals surface area contributed by atoms with Gasteiger partial charge in [0.05, 0.1) is 21.7 Å². The van der Waals surface area contributed by atoms with Gasteiger partial charge in [0.15, 0.2) is 9.84 Å². The Bertz CT molecular complexity index is 1630. The first-order valence-corrected chi connectivity index (χ1v) is 12.7. The molecule has 3 aromatic carbocycles. The highest BCUT2D eigenvalue weighted by Gasteiger charge is 2.30. The molecule has 192 valence electrons. The fraction of sp³-hybridized carbons (Fsp3) is 0.154. The number of nitrogens with zero attached hydrogens (tertiary/aromatic N) is 1. The van der Waals surface area contributed by atoms with Crippen LogP contribution in [-0.4, -0.2) is 24.9 Å². The van der Waals surface area contributed by atoms with Gasteiger partial charge in [0.2, 0.25) is 5.91 Å². The Kier molecular flexibility index (Phi) is 6.83. The normalized spacial score (nSPS) is 11.9. The average molecular weight is 530 g/mol. The summed E-state index contributed by atoms with van der Waals surface area (Å²) >= 11 is 0. The lowest BCUT2D eigenvalue weighted by Gasteiger charge is -2.13. The third-order valence-electron chi connectivity index (χ3n) is 5.68. The van der Waals surface area contributed by atoms with Crippen LogP contribution in [0.2, 0.25) is 0 Å². The Morgan fingerprint density at radius 1 is 0.919 bits per heavy atom. The van der Waals surface area contributed by atoms with E-state index < -0.39 is 27.6 Å². The number of carbonyl (C=O) groups excluding carboxylic acids is 2. The minimum Gasteiger partial charge on any atom is -0.308 e. The van der Waals surface area contributed by atoms with Crippen LogP contribution in [0.3, 0.4) is 0 Å². The highest BCUT2D eigenvalue weighted by Crippen LogP contribution is 2.31. The second-order valence-corrected chi connectivity index (χ2v) is 10.5. The van der Waals surface area contributed by atoms with Crippen LogP contribution in [0.1, 0.15) is 28.4 Å². The Morgan fingerprint density at radius 2 is 1.62 bits per heavy atom. The van der Waals surface area contributed by atoms with Gasteiger partial charge in [0.25, 0.3) is 0 Å². The van der Waals surface area contributed by atoms with E-state index in [2.05, 4.69) is 10.6 Å². The molecule has 0 aliphatic heterocycles. The van der Waals surface area contributed by atoms with E-state index in [0.29, 0.717) is 16.6 Å². The second kappa shape index (κ2) is 9.74. The molecule has 2 amide bonds. The molecule has 0 bridgehead atoms. The summed E-state index contributed by atoms with van der Waals surface area (Å²) in [7, 11) is -3.83. The first-order valence-electron chi connectivity index (χ1n) is 11.0. The van der Waals surface area contributed by atoms with Gasteiger partial charge in [-0.25, -0.2) is 13.2 Å². The van der Waals surface area contributed by atoms with E-state index in [1.54, 1.807) is 37.4 Å². The number of fused-ring (bicyclic) bond motifs is 1. The average Bonchev–Trinajstić information content (AvgIpc) is 3.23. The number of urea groups is 1. The predicted molar refractivity (Wildman–Crippen MR) is 134 cm³/mol. The minimum absolute atomic E-state index is 0.00534. The third kappa shape index (κ3) is 5.83. The third-order valence-corrected chi connectivity index (χ3v) is 7.50. The molecule has 0 atom stereocenters. The number of amides is 2. The van der Waals surface area contributed by atoms with Crippen LogP contribution in [0.5, 0.6) is 0 Å². The fourth-order valence-electron chi connectivity index (χ4n) is 3.93. The Balaban J connectivity index is 1.52. The quantitative estimate of drug-likeness (QED) is 0.320. The SMILES string of the molecule is CC(=O)n1ccc2cc(CS(=O)(=O)c3cc(NC(=O)Nc4cccc(C(F)(F)F)c4)ccc3C)ccc21. The zero-order valence-electron chi connectivity index (χ0n) is 19.8. The molecule has 0 aliphatic rings. The number of benzene rings is 3. The summed E-state index contributed by atoms with van der Waals surface area (Å²) in [5, 5.41) is 5.50. The van der Waals surface area contributed by atoms with Crippen molar-refractivity contribution in [1.29, 1.82) is 0 Å². The number of hydrogen-bond acceptors (Lipinski definition) is 4. The number of alkyl halides is 3. The number of anilines is 2. The maximum Gasteiger partial charge on any atom is 0.416 e. The summed E-state index contributed by atoms with van der Waals surface area (Å²) in [6.45, 7) is 3.05. The van der Waals surface area contributed by atoms with Gasteiger partial charge in [0.1, 0.15) is 0 Å². The molecule has 0 radical (unpaired) electrons. The summed E-state index contributed by atoms with van der Waals surface area (Å²) in [5.41, 5.74) is 0.832. The topological polar surface area (TPSA) is 97.3 Å². The molecule has 0 saturated heterocycles. The molecule has 7 nitrogen and oxygen atoms in total. The molecule has 4 rings (SSSR count). The van der Waals surface area contributed by atoms with Crippen molar-refractivity contribution in [1.82, 2.24) is 4.57 Å². The lowest BCUT2D eigenvalue weighted by molar-refractivity contribution is -0.137. The number of aryl methyl sites for hydroxylation is 1. The number of sulfone groups is 1. The number of carbonyl (C=O) groups is 2. The van der Waals surface area contributed by atoms with Crippen LogP contribution in [0.4, 0.5) is 29.3 Å². The van der Waals surface area contributed by atoms with Gasteiger partial charge in [-0.15, -0.1) is 0 Å². The molecule has 11 heteroatoms. The Labute approximate surface area is 210 Å². The van der Waals surface area contributed by atoms with Gasteiger partial charge >= 0.3 is 12.2 Å². The summed E-state index contributed by atoms with van der Waals surface area (Å²) in [5.74, 6) is -0.470. The van der Waals surface area contributed by atoms with Crippen LogP contribution < -0.4 is 10.6 Å². The number of aromatic nitrogens is 1. The van der Waals surface area contributed by atoms with Gasteiger partial charge in [-0.2, -0.15) is 13.2 Å². The summed E-state index contributed by atoms with van der Waals surface area (Å²) in [6.07, 6.45) is -2.94. The Hall–Kier alpha value is -4.12. The fourth-order valence-corrected chi connectivity index (χ4v) is 5.57. The van der Waals surface area contributed by atoms with Crippen molar-refractivity contribution in [3.8, 4) is 0 Å². The first-order chi connectivity index (χ1) is 17.3. The van der Waals surface area contributed by atoms with Gasteiger partial charge in [-0.3, -0.25) is 9.36 Å². The molecule has 0 aliphatic carbocycles. The van der Waals surface area contributed by atoms with Gasteiger partial charge in [-0.1, -0.05) is 18.2 Å². The van der Waals surface area contributed by atoms with Crippen molar-refractivity contribution >= 4 is 44.1 Å². The van der Waals surface area contributed by atoms with Crippen molar-refractivity contribution in [2.24, 2.45) is 0 Å². The Morgan fingerprint density at radius 3 is 2.30 bits per heavy atom. The summed E-state index contributed by atoms with van der Waals surface area (Å²) < 4.78 is 66.7. The van der Waals surface area contributed by atoms with Crippen LogP contribution in [0, 0.1) is 6.92 Å². The molecule has 1 heterocycles. The molecule has 0 fully saturated rings. The minimum atomic E-state index is -4.56. The van der Waals surface area contributed by atoms with Crippen LogP contribution >= 0.6 is 0 Å². The first kappa shape index (κ1) is 26.0. The van der Waals surface area contributed by atoms with Crippen molar-refractivity contribution in [3.05, 3.63) is 89.6 Å². The maximum atomic E-state index is 13.2. The standard InChI is InChI=1S/C26H22F3N3O4S/c1-16-6-8-22(31-25(34)30-21-5-3-4-20(13-21)26(27,28)29)14-24(16)37(35,36)15-18-7-9-23-19(12-18)10-11-32(23)17(2)33/h3-14H,15H2,1-2H3,(H2,30,31,34). The van der Waals surface area contributed by atoms with Crippen LogP contribution in [-0.2, 0) is 21.8 Å². The van der Waals surface area contributed by atoms with Crippen molar-refractivity contribution in [2.75, 3.05) is 10.6 Å². The van der Waals surface area contributed by atoms with Crippen molar-refractivity contribution < 1.29 is 31.2 Å². The van der Waals surface area contributed by atoms with Crippen molar-refractivity contribution in [2.45, 2.75) is 30.7 Å². The van der Waals surface area contributed by atoms with Crippen molar-refractivity contribution in [3.63, 3.8) is 0 Å². The molecular formula is C26H22F3N3O4S. The highest BCUT2D eigenvalue weighted by molar-refractivity contribution is 7.90. The van der Waals surface area contributed by atoms with E-state index in [1.807, 2.05) is 0 Å². The lowest BCUT2D eigenvalue weighted by atomic mass is 10.2. The zero-order chi connectivity index (χ0) is 27.0. The van der Waals surface area contributed by atoms with E-state index in [-0.39, 0.29) is 27.9 Å². The lowest BCUT2D eigenvalue weighted by Crippen LogP contribution is -2.20. The molecule has 0 spiro atoms. The molecule has 37 heavy (non-hydrogen) atoms. The summed E-state index contributed by atoms with van der Waals surface area (Å²) in [4.78, 5) is 24.1. The molecule has 4 aromatic rings. The largest absolute Gasteiger partial charge is 0.416 e. The van der Waals surface area contributed by atoms with Crippen LogP contribution in [0.25, 0.3) is 10.9 Å². The molecule has 0 saturated carbocycles. The molecule has 0 unspecified atom stereocenters. The van der Waals surface area contributed by atoms with E-state index in [9.17, 15) is 31.2 Å². The molecule has 1 aromatic heterocycles. The zero-order valence-corrected chi connectivity index (χ0v) is 20.6. The maximum absolute atomic E-state index is 13.2. The van der Waals surface area contributed by atoms with Crippen LogP contribution in [0.15, 0.2) is 77.8 Å². The number of hydrogen-bond donors (Lipinski definition) is 2. The highest BCUT2D eigenvalue weighted by atomic mass is 32.2. The smallest absolute Gasteiger partial charge is 0.308 e. The van der Waals surface area contributed by atoms with Gasteiger partial charge in [0, 0.05) is 29.9 Å². The monoisotopic (exact) mass is 529 g/mol. The molecular weight excluding hydrogens is 507 g/mol. The number of halogens is 3.